The first-order valence-electron chi connectivity index (χ1n) is 10.2. The molecule has 0 spiro atoms. The first-order valence-corrected chi connectivity index (χ1v) is 10.2. The van der Waals surface area contributed by atoms with Crippen molar-refractivity contribution in [2.45, 2.75) is 85.7 Å². The number of nitrogens with one attached hydrogen (secondary N) is 1. The average Bonchev–Trinajstić information content (AvgIpc) is 2.97. The van der Waals surface area contributed by atoms with Gasteiger partial charge in [-0.1, -0.05) is 0 Å². The third-order valence-electron chi connectivity index (χ3n) is 3.28. The second kappa shape index (κ2) is 10.0. The number of carbonyl (C=O) groups is 3. The summed E-state index contributed by atoms with van der Waals surface area (Å²) in [6.45, 7) is 16.3. The molecule has 0 aliphatic carbocycles. The minimum Gasteiger partial charge on any atom is -0.444 e. The van der Waals surface area contributed by atoms with Crippen LogP contribution in [0, 0.1) is 0 Å². The van der Waals surface area contributed by atoms with Gasteiger partial charge in [-0.05, 0) is 68.4 Å². The normalized spacial score (nSPS) is 12.2. The van der Waals surface area contributed by atoms with Crippen molar-refractivity contribution >= 4 is 18.3 Å². The summed E-state index contributed by atoms with van der Waals surface area (Å²) in [4.78, 5) is 38.0. The molecule has 0 radical (unpaired) electrons. The first kappa shape index (κ1) is 26.3. The Morgan fingerprint density at radius 1 is 0.935 bits per heavy atom. The third-order valence-corrected chi connectivity index (χ3v) is 3.28. The van der Waals surface area contributed by atoms with Gasteiger partial charge in [-0.3, -0.25) is 0 Å². The molecule has 0 saturated heterocycles. The summed E-state index contributed by atoms with van der Waals surface area (Å²) in [5.74, 6) is 0. The van der Waals surface area contributed by atoms with E-state index in [1.165, 1.54) is 11.1 Å². The number of nitrogens with zero attached hydrogens (tertiary/aromatic N) is 3. The van der Waals surface area contributed by atoms with Crippen LogP contribution >= 0.6 is 0 Å². The van der Waals surface area contributed by atoms with Crippen molar-refractivity contribution in [3.8, 4) is 0 Å². The van der Waals surface area contributed by atoms with Crippen molar-refractivity contribution in [2.24, 2.45) is 0 Å². The predicted octanol–water partition coefficient (Wildman–Crippen LogP) is 3.93. The van der Waals surface area contributed by atoms with Gasteiger partial charge in [0.05, 0.1) is 12.2 Å². The van der Waals surface area contributed by atoms with Crippen LogP contribution in [0.25, 0.3) is 0 Å². The first-order chi connectivity index (χ1) is 14.0. The molecule has 0 aliphatic rings. The van der Waals surface area contributed by atoms with E-state index in [4.69, 9.17) is 14.2 Å². The van der Waals surface area contributed by atoms with Crippen LogP contribution in [0.15, 0.2) is 12.3 Å². The molecule has 1 aromatic heterocycles. The monoisotopic (exact) mass is 440 g/mol. The molecule has 176 valence electrons. The number of carbonyl (C=O) groups excluding carboxylic acids is 3. The van der Waals surface area contributed by atoms with E-state index >= 15 is 0 Å². The topological polar surface area (TPSA) is 112 Å². The lowest BCUT2D eigenvalue weighted by Gasteiger charge is -2.27. The lowest BCUT2D eigenvalue weighted by molar-refractivity contribution is 0.0222. The third kappa shape index (κ3) is 11.3. The second-order valence-electron chi connectivity index (χ2n) is 10.1. The van der Waals surface area contributed by atoms with E-state index in [-0.39, 0.29) is 19.6 Å². The number of ether oxygens (including phenoxy) is 3. The van der Waals surface area contributed by atoms with Crippen molar-refractivity contribution in [3.05, 3.63) is 18.0 Å². The highest BCUT2D eigenvalue weighted by Crippen LogP contribution is 2.13. The number of aromatic nitrogens is 2. The number of rotatable bonds is 5. The second-order valence-corrected chi connectivity index (χ2v) is 10.1. The van der Waals surface area contributed by atoms with E-state index in [9.17, 15) is 14.4 Å². The van der Waals surface area contributed by atoms with E-state index in [0.717, 1.165) is 4.68 Å². The van der Waals surface area contributed by atoms with E-state index in [2.05, 4.69) is 10.4 Å². The molecule has 0 bridgehead atoms. The Bertz CT molecular complexity index is 768. The Balaban J connectivity index is 2.82. The van der Waals surface area contributed by atoms with E-state index in [1.54, 1.807) is 68.4 Å². The van der Waals surface area contributed by atoms with Crippen LogP contribution in [0.5, 0.6) is 0 Å². The maximum atomic E-state index is 12.6. The number of hydrogen-bond acceptors (Lipinski definition) is 7. The summed E-state index contributed by atoms with van der Waals surface area (Å²) in [5, 5.41) is 6.80. The Kier molecular flexibility index (Phi) is 8.48. The molecule has 0 atom stereocenters. The molecule has 10 nitrogen and oxygen atoms in total. The van der Waals surface area contributed by atoms with Crippen molar-refractivity contribution < 1.29 is 28.6 Å². The number of amides is 2. The highest BCUT2D eigenvalue weighted by molar-refractivity contribution is 5.70. The molecule has 31 heavy (non-hydrogen) atoms. The highest BCUT2D eigenvalue weighted by atomic mass is 16.6. The summed E-state index contributed by atoms with van der Waals surface area (Å²) in [6, 6.07) is 1.61. The molecule has 0 aliphatic heterocycles. The zero-order valence-electron chi connectivity index (χ0n) is 20.1. The van der Waals surface area contributed by atoms with Crippen LogP contribution in [0.4, 0.5) is 14.4 Å². The molecule has 0 unspecified atom stereocenters. The van der Waals surface area contributed by atoms with Gasteiger partial charge < -0.3 is 24.4 Å². The van der Waals surface area contributed by atoms with Crippen molar-refractivity contribution in [1.82, 2.24) is 20.0 Å². The Morgan fingerprint density at radius 2 is 1.48 bits per heavy atom. The molecular formula is C21H36N4O6. The smallest absolute Gasteiger partial charge is 0.435 e. The van der Waals surface area contributed by atoms with Crippen LogP contribution in [0.3, 0.4) is 0 Å². The zero-order chi connectivity index (χ0) is 24.0. The molecular weight excluding hydrogens is 404 g/mol. The molecule has 10 heteroatoms. The zero-order valence-corrected chi connectivity index (χ0v) is 20.1. The molecule has 0 saturated carbocycles. The van der Waals surface area contributed by atoms with E-state index < -0.39 is 35.1 Å². The van der Waals surface area contributed by atoms with Crippen LogP contribution < -0.4 is 5.32 Å². The van der Waals surface area contributed by atoms with Gasteiger partial charge >= 0.3 is 18.3 Å². The summed E-state index contributed by atoms with van der Waals surface area (Å²) in [5.41, 5.74) is -1.50. The van der Waals surface area contributed by atoms with Crippen LogP contribution in [0.2, 0.25) is 0 Å². The minimum atomic E-state index is -0.691. The van der Waals surface area contributed by atoms with Gasteiger partial charge in [0.1, 0.15) is 16.8 Å². The summed E-state index contributed by atoms with van der Waals surface area (Å²) in [6.07, 6.45) is -0.291. The molecule has 2 amide bonds. The predicted molar refractivity (Wildman–Crippen MR) is 115 cm³/mol. The Hall–Kier alpha value is -2.78. The molecule has 1 rings (SSSR count). The van der Waals surface area contributed by atoms with E-state index in [0.29, 0.717) is 5.69 Å². The molecule has 0 fully saturated rings. The van der Waals surface area contributed by atoms with Crippen molar-refractivity contribution in [2.75, 3.05) is 13.1 Å². The average molecular weight is 441 g/mol. The van der Waals surface area contributed by atoms with Crippen molar-refractivity contribution in [1.29, 1.82) is 0 Å². The van der Waals surface area contributed by atoms with Gasteiger partial charge in [-0.25, -0.2) is 14.4 Å². The number of alkyl carbamates (subject to hydrolysis) is 1. The standard InChI is InChI=1S/C21H36N4O6/c1-19(2,3)29-16(26)22-11-13-24(17(27)30-20(4,5)6)14-15-10-12-25(23-15)18(28)31-21(7,8)9/h10,12H,11,13-14H2,1-9H3,(H,22,26). The lowest BCUT2D eigenvalue weighted by Crippen LogP contribution is -2.42. The Labute approximate surface area is 184 Å². The summed E-state index contributed by atoms with van der Waals surface area (Å²) >= 11 is 0. The van der Waals surface area contributed by atoms with Crippen LogP contribution in [-0.2, 0) is 20.8 Å². The van der Waals surface area contributed by atoms with Gasteiger partial charge in [0.15, 0.2) is 0 Å². The van der Waals surface area contributed by atoms with E-state index in [1.807, 2.05) is 0 Å². The lowest BCUT2D eigenvalue weighted by atomic mass is 10.2. The maximum absolute atomic E-state index is 12.6. The van der Waals surface area contributed by atoms with Gasteiger partial charge in [-0.2, -0.15) is 9.78 Å². The summed E-state index contributed by atoms with van der Waals surface area (Å²) in [7, 11) is 0. The maximum Gasteiger partial charge on any atom is 0.435 e. The molecule has 0 aromatic carbocycles. The van der Waals surface area contributed by atoms with Gasteiger partial charge in [0.25, 0.3) is 0 Å². The quantitative estimate of drug-likeness (QED) is 0.690. The van der Waals surface area contributed by atoms with Crippen LogP contribution in [-0.4, -0.2) is 62.9 Å². The molecule has 1 heterocycles. The van der Waals surface area contributed by atoms with Crippen molar-refractivity contribution in [3.63, 3.8) is 0 Å². The van der Waals surface area contributed by atoms with Gasteiger partial charge in [-0.15, -0.1) is 0 Å². The largest absolute Gasteiger partial charge is 0.444 e. The fraction of sp³-hybridized carbons (Fsp3) is 0.714. The van der Waals surface area contributed by atoms with Gasteiger partial charge in [0, 0.05) is 19.3 Å². The Morgan fingerprint density at radius 3 is 2.00 bits per heavy atom. The number of hydrogen-bond donors (Lipinski definition) is 1. The van der Waals surface area contributed by atoms with Gasteiger partial charge in [0.2, 0.25) is 0 Å². The molecule has 1 aromatic rings. The minimum absolute atomic E-state index is 0.0840. The fourth-order valence-electron chi connectivity index (χ4n) is 2.22. The highest BCUT2D eigenvalue weighted by Gasteiger charge is 2.24. The fourth-order valence-corrected chi connectivity index (χ4v) is 2.22. The SMILES string of the molecule is CC(C)(C)OC(=O)NCCN(Cc1ccn(C(=O)OC(C)(C)C)n1)C(=O)OC(C)(C)C. The summed E-state index contributed by atoms with van der Waals surface area (Å²) < 4.78 is 17.0. The van der Waals surface area contributed by atoms with Crippen LogP contribution in [0.1, 0.15) is 68.0 Å². The molecule has 1 N–H and O–H groups in total.